The summed E-state index contributed by atoms with van der Waals surface area (Å²) < 4.78 is 27.4. The van der Waals surface area contributed by atoms with Crippen LogP contribution in [0.25, 0.3) is 11.0 Å². The van der Waals surface area contributed by atoms with Gasteiger partial charge in [0.2, 0.25) is 10.0 Å². The number of benzene rings is 1. The molecule has 0 fully saturated rings. The van der Waals surface area contributed by atoms with Crippen LogP contribution in [-0.4, -0.2) is 30.3 Å². The van der Waals surface area contributed by atoms with Crippen molar-refractivity contribution in [2.24, 2.45) is 0 Å². The summed E-state index contributed by atoms with van der Waals surface area (Å²) in [6.45, 7) is 6.29. The molecular weight excluding hydrogens is 274 g/mol. The Kier molecular flexibility index (Phi) is 4.45. The van der Waals surface area contributed by atoms with E-state index in [1.54, 1.807) is 6.92 Å². The standard InChI is InChI=1S/C14H21N3O2S/c1-4-20(18,19)16-8-7-12-5-6-14-13(9-12)15-10-17(14)11(2)3/h5-6,9-11,16H,4,7-8H2,1-3H3. The van der Waals surface area contributed by atoms with Crippen LogP contribution in [0.15, 0.2) is 24.5 Å². The molecule has 0 saturated heterocycles. The lowest BCUT2D eigenvalue weighted by Gasteiger charge is -2.08. The molecule has 0 atom stereocenters. The number of aromatic nitrogens is 2. The highest BCUT2D eigenvalue weighted by Crippen LogP contribution is 2.18. The molecular formula is C14H21N3O2S. The minimum absolute atomic E-state index is 0.116. The van der Waals surface area contributed by atoms with Gasteiger partial charge in [-0.15, -0.1) is 0 Å². The van der Waals surface area contributed by atoms with Crippen molar-refractivity contribution in [1.29, 1.82) is 0 Å². The van der Waals surface area contributed by atoms with E-state index in [1.807, 2.05) is 24.5 Å². The van der Waals surface area contributed by atoms with Gasteiger partial charge in [-0.2, -0.15) is 0 Å². The fraction of sp³-hybridized carbons (Fsp3) is 0.500. The Morgan fingerprint density at radius 2 is 2.10 bits per heavy atom. The Morgan fingerprint density at radius 1 is 1.35 bits per heavy atom. The minimum Gasteiger partial charge on any atom is -0.328 e. The fourth-order valence-electron chi connectivity index (χ4n) is 2.10. The average molecular weight is 295 g/mol. The van der Waals surface area contributed by atoms with Crippen LogP contribution in [0.5, 0.6) is 0 Å². The molecule has 1 aromatic heterocycles. The van der Waals surface area contributed by atoms with E-state index < -0.39 is 10.0 Å². The molecule has 1 aromatic carbocycles. The second kappa shape index (κ2) is 5.93. The topological polar surface area (TPSA) is 64.0 Å². The van der Waals surface area contributed by atoms with Crippen LogP contribution in [-0.2, 0) is 16.4 Å². The lowest BCUT2D eigenvalue weighted by molar-refractivity contribution is 0.583. The van der Waals surface area contributed by atoms with Crippen molar-refractivity contribution in [2.45, 2.75) is 33.2 Å². The molecule has 0 amide bonds. The van der Waals surface area contributed by atoms with Crippen LogP contribution in [0.2, 0.25) is 0 Å². The SMILES string of the molecule is CCS(=O)(=O)NCCc1ccc2c(c1)ncn2C(C)C. The average Bonchev–Trinajstić information content (AvgIpc) is 2.81. The van der Waals surface area contributed by atoms with Gasteiger partial charge in [0.15, 0.2) is 0 Å². The lowest BCUT2D eigenvalue weighted by atomic mass is 10.1. The first-order valence-electron chi connectivity index (χ1n) is 6.85. The highest BCUT2D eigenvalue weighted by Gasteiger charge is 2.08. The van der Waals surface area contributed by atoms with Gasteiger partial charge in [0.1, 0.15) is 0 Å². The van der Waals surface area contributed by atoms with Gasteiger partial charge in [-0.25, -0.2) is 18.1 Å². The Labute approximate surface area is 120 Å². The second-order valence-corrected chi connectivity index (χ2v) is 7.21. The third-order valence-electron chi connectivity index (χ3n) is 3.31. The van der Waals surface area contributed by atoms with E-state index in [0.29, 0.717) is 19.0 Å². The van der Waals surface area contributed by atoms with Gasteiger partial charge in [0.05, 0.1) is 23.1 Å². The van der Waals surface area contributed by atoms with E-state index in [2.05, 4.69) is 28.1 Å². The van der Waals surface area contributed by atoms with Crippen molar-refractivity contribution >= 4 is 21.1 Å². The first-order chi connectivity index (χ1) is 9.43. The van der Waals surface area contributed by atoms with Gasteiger partial charge in [-0.1, -0.05) is 6.07 Å². The Hall–Kier alpha value is -1.40. The van der Waals surface area contributed by atoms with Gasteiger partial charge in [0, 0.05) is 12.6 Å². The molecule has 0 aliphatic rings. The summed E-state index contributed by atoms with van der Waals surface area (Å²) in [5.41, 5.74) is 3.15. The quantitative estimate of drug-likeness (QED) is 0.887. The molecule has 1 heterocycles. The predicted octanol–water partition coefficient (Wildman–Crippen LogP) is 2.10. The molecule has 0 unspecified atom stereocenters. The predicted molar refractivity (Wildman–Crippen MR) is 81.3 cm³/mol. The number of rotatable bonds is 6. The normalized spacial score (nSPS) is 12.4. The smallest absolute Gasteiger partial charge is 0.211 e. The fourth-order valence-corrected chi connectivity index (χ4v) is 2.71. The van der Waals surface area contributed by atoms with Crippen LogP contribution >= 0.6 is 0 Å². The molecule has 6 heteroatoms. The molecule has 5 nitrogen and oxygen atoms in total. The molecule has 0 radical (unpaired) electrons. The summed E-state index contributed by atoms with van der Waals surface area (Å²) in [6, 6.07) is 6.48. The molecule has 110 valence electrons. The molecule has 20 heavy (non-hydrogen) atoms. The van der Waals surface area contributed by atoms with E-state index in [0.717, 1.165) is 16.6 Å². The van der Waals surface area contributed by atoms with Crippen LogP contribution in [0.4, 0.5) is 0 Å². The number of imidazole rings is 1. The zero-order chi connectivity index (χ0) is 14.8. The summed E-state index contributed by atoms with van der Waals surface area (Å²) in [5, 5.41) is 0. The van der Waals surface area contributed by atoms with E-state index >= 15 is 0 Å². The van der Waals surface area contributed by atoms with Gasteiger partial charge in [0.25, 0.3) is 0 Å². The summed E-state index contributed by atoms with van der Waals surface area (Å²) in [5.74, 6) is 0.116. The molecule has 0 aliphatic carbocycles. The van der Waals surface area contributed by atoms with Crippen LogP contribution in [0, 0.1) is 0 Å². The van der Waals surface area contributed by atoms with E-state index in [9.17, 15) is 8.42 Å². The van der Waals surface area contributed by atoms with E-state index in [1.165, 1.54) is 0 Å². The first-order valence-corrected chi connectivity index (χ1v) is 8.51. The Morgan fingerprint density at radius 3 is 2.75 bits per heavy atom. The zero-order valence-electron chi connectivity index (χ0n) is 12.1. The molecule has 0 aliphatic heterocycles. The van der Waals surface area contributed by atoms with Crippen molar-refractivity contribution in [2.75, 3.05) is 12.3 Å². The third kappa shape index (κ3) is 3.37. The highest BCUT2D eigenvalue weighted by atomic mass is 32.2. The maximum atomic E-state index is 11.4. The number of sulfonamides is 1. The molecule has 1 N–H and O–H groups in total. The maximum absolute atomic E-state index is 11.4. The molecule has 0 saturated carbocycles. The number of fused-ring (bicyclic) bond motifs is 1. The van der Waals surface area contributed by atoms with Crippen LogP contribution in [0.1, 0.15) is 32.4 Å². The summed E-state index contributed by atoms with van der Waals surface area (Å²) in [4.78, 5) is 4.40. The number of hydrogen-bond donors (Lipinski definition) is 1. The van der Waals surface area contributed by atoms with Gasteiger partial charge in [-0.3, -0.25) is 0 Å². The largest absolute Gasteiger partial charge is 0.328 e. The van der Waals surface area contributed by atoms with E-state index in [4.69, 9.17) is 0 Å². The molecule has 0 spiro atoms. The first kappa shape index (κ1) is 15.0. The van der Waals surface area contributed by atoms with E-state index in [-0.39, 0.29) is 5.75 Å². The minimum atomic E-state index is -3.11. The van der Waals surface area contributed by atoms with Gasteiger partial charge < -0.3 is 4.57 Å². The highest BCUT2D eigenvalue weighted by molar-refractivity contribution is 7.89. The lowest BCUT2D eigenvalue weighted by Crippen LogP contribution is -2.27. The van der Waals surface area contributed by atoms with Gasteiger partial charge >= 0.3 is 0 Å². The molecule has 0 bridgehead atoms. The van der Waals surface area contributed by atoms with Gasteiger partial charge in [-0.05, 0) is 44.9 Å². The van der Waals surface area contributed by atoms with Crippen molar-refractivity contribution in [3.05, 3.63) is 30.1 Å². The molecule has 2 rings (SSSR count). The Balaban J connectivity index is 2.09. The Bertz CT molecular complexity index is 690. The second-order valence-electron chi connectivity index (χ2n) is 5.12. The van der Waals surface area contributed by atoms with Crippen molar-refractivity contribution in [3.63, 3.8) is 0 Å². The van der Waals surface area contributed by atoms with Crippen molar-refractivity contribution in [3.8, 4) is 0 Å². The summed E-state index contributed by atoms with van der Waals surface area (Å²) >= 11 is 0. The van der Waals surface area contributed by atoms with Crippen LogP contribution in [0.3, 0.4) is 0 Å². The molecule has 2 aromatic rings. The number of nitrogens with one attached hydrogen (secondary N) is 1. The number of nitrogens with zero attached hydrogens (tertiary/aromatic N) is 2. The maximum Gasteiger partial charge on any atom is 0.211 e. The number of hydrogen-bond acceptors (Lipinski definition) is 3. The van der Waals surface area contributed by atoms with Crippen LogP contribution < -0.4 is 4.72 Å². The van der Waals surface area contributed by atoms with Crippen molar-refractivity contribution < 1.29 is 8.42 Å². The summed E-state index contributed by atoms with van der Waals surface area (Å²) in [6.07, 6.45) is 2.52. The monoisotopic (exact) mass is 295 g/mol. The zero-order valence-corrected chi connectivity index (χ0v) is 12.9. The van der Waals surface area contributed by atoms with Crippen molar-refractivity contribution in [1.82, 2.24) is 14.3 Å². The third-order valence-corrected chi connectivity index (χ3v) is 4.72. The summed E-state index contributed by atoms with van der Waals surface area (Å²) in [7, 11) is -3.11.